The summed E-state index contributed by atoms with van der Waals surface area (Å²) in [7, 11) is 0. The molecule has 1 heterocycles. The van der Waals surface area contributed by atoms with Crippen LogP contribution in [-0.4, -0.2) is 33.7 Å². The number of nitrogens with two attached hydrogens (primary N) is 1. The van der Waals surface area contributed by atoms with Crippen molar-refractivity contribution in [1.82, 2.24) is 4.98 Å². The number of unbranched alkanes of at least 4 members (excludes halogenated alkanes) is 1. The molecule has 1 aromatic heterocycles. The number of rotatable bonds is 6. The quantitative estimate of drug-likeness (QED) is 0.514. The first-order valence-corrected chi connectivity index (χ1v) is 8.74. The molecule has 0 saturated heterocycles. The largest absolute Gasteiger partial charge is 0.478 e. The van der Waals surface area contributed by atoms with Gasteiger partial charge in [-0.2, -0.15) is 0 Å². The van der Waals surface area contributed by atoms with Crippen LogP contribution in [0.25, 0.3) is 11.6 Å². The van der Waals surface area contributed by atoms with Crippen molar-refractivity contribution < 1.29 is 19.8 Å². The summed E-state index contributed by atoms with van der Waals surface area (Å²) in [5, 5.41) is 18.1. The topological polar surface area (TPSA) is 114 Å². The minimum Gasteiger partial charge on any atom is -0.478 e. The summed E-state index contributed by atoms with van der Waals surface area (Å²) in [6.07, 6.45) is 14.3. The molecule has 6 nitrogen and oxygen atoms in total. The van der Waals surface area contributed by atoms with Gasteiger partial charge in [0, 0.05) is 12.2 Å². The van der Waals surface area contributed by atoms with Crippen molar-refractivity contribution in [3.8, 4) is 0 Å². The van der Waals surface area contributed by atoms with E-state index in [0.717, 1.165) is 32.2 Å². The number of hydrogen-bond donors (Lipinski definition) is 3. The van der Waals surface area contributed by atoms with Gasteiger partial charge in [-0.25, -0.2) is 14.6 Å². The highest BCUT2D eigenvalue weighted by atomic mass is 32.1. The number of carboxylic acid groups (broad SMARTS) is 2. The molecular formula is C18H20N2O4S. The number of carboxylic acids is 2. The van der Waals surface area contributed by atoms with Crippen LogP contribution in [0.15, 0.2) is 36.0 Å². The monoisotopic (exact) mass is 360 g/mol. The molecule has 132 valence electrons. The van der Waals surface area contributed by atoms with Crippen molar-refractivity contribution in [3.05, 3.63) is 50.8 Å². The number of hydrogen-bond acceptors (Lipinski definition) is 5. The summed E-state index contributed by atoms with van der Waals surface area (Å²) in [5.41, 5.74) is 8.27. The van der Waals surface area contributed by atoms with Crippen LogP contribution >= 0.6 is 11.3 Å². The highest BCUT2D eigenvalue weighted by Gasteiger charge is 2.15. The van der Waals surface area contributed by atoms with Gasteiger partial charge in [0.2, 0.25) is 0 Å². The summed E-state index contributed by atoms with van der Waals surface area (Å²) in [4.78, 5) is 23.9. The molecule has 0 atom stereocenters. The minimum absolute atomic E-state index is 0.558. The Morgan fingerprint density at radius 1 is 1.24 bits per heavy atom. The van der Waals surface area contributed by atoms with Gasteiger partial charge in [0.1, 0.15) is 0 Å². The highest BCUT2D eigenvalue weighted by Crippen LogP contribution is 2.23. The number of carbonyl (C=O) groups is 2. The zero-order valence-electron chi connectivity index (χ0n) is 13.6. The standard InChI is InChI=1S/C14H16N2S.C4H4O4/c15-8-4-3-7-13-16-14-11-6-2-1-5-10(11)9-12(14)17-13;5-3(6)1-2-4(7)8/h1-2,5,9H,3-4,6-8,15H2;1-2H,(H,5,6)(H,7,8). The molecule has 0 saturated carbocycles. The number of allylic oxidation sites excluding steroid dienone is 4. The molecule has 0 unspecified atom stereocenters. The average molecular weight is 360 g/mol. The van der Waals surface area contributed by atoms with Gasteiger partial charge in [0.25, 0.3) is 0 Å². The van der Waals surface area contributed by atoms with Crippen molar-refractivity contribution >= 4 is 34.9 Å². The molecule has 2 aliphatic carbocycles. The fourth-order valence-corrected chi connectivity index (χ4v) is 3.54. The Labute approximate surface area is 149 Å². The molecule has 0 aromatic carbocycles. The van der Waals surface area contributed by atoms with Crippen molar-refractivity contribution in [3.63, 3.8) is 0 Å². The van der Waals surface area contributed by atoms with Crippen molar-refractivity contribution in [2.45, 2.75) is 25.7 Å². The molecule has 0 radical (unpaired) electrons. The van der Waals surface area contributed by atoms with E-state index in [0.29, 0.717) is 12.2 Å². The van der Waals surface area contributed by atoms with E-state index in [4.69, 9.17) is 20.9 Å². The third-order valence-corrected chi connectivity index (χ3v) is 4.63. The first kappa shape index (κ1) is 18.8. The number of aliphatic carboxylic acids is 2. The first-order valence-electron chi connectivity index (χ1n) is 7.93. The fourth-order valence-electron chi connectivity index (χ4n) is 2.45. The molecule has 3 rings (SSSR count). The Bertz CT molecular complexity index is 846. The van der Waals surface area contributed by atoms with Gasteiger partial charge in [-0.05, 0) is 49.5 Å². The third kappa shape index (κ3) is 5.51. The van der Waals surface area contributed by atoms with E-state index in [-0.39, 0.29) is 0 Å². The Morgan fingerprint density at radius 2 is 1.96 bits per heavy atom. The van der Waals surface area contributed by atoms with Crippen LogP contribution in [-0.2, 0) is 16.0 Å². The summed E-state index contributed by atoms with van der Waals surface area (Å²) >= 11 is 1.84. The summed E-state index contributed by atoms with van der Waals surface area (Å²) in [6.45, 7) is 0.784. The van der Waals surface area contributed by atoms with Crippen LogP contribution in [0.3, 0.4) is 0 Å². The van der Waals surface area contributed by atoms with Gasteiger partial charge in [0.15, 0.2) is 0 Å². The predicted octanol–water partition coefficient (Wildman–Crippen LogP) is 0.967. The molecule has 2 aliphatic rings. The Kier molecular flexibility index (Phi) is 6.85. The molecule has 4 N–H and O–H groups in total. The van der Waals surface area contributed by atoms with Gasteiger partial charge in [-0.1, -0.05) is 18.2 Å². The summed E-state index contributed by atoms with van der Waals surface area (Å²) in [5.74, 6) is -2.51. The number of aromatic nitrogens is 1. The number of thiazole rings is 1. The van der Waals surface area contributed by atoms with E-state index in [9.17, 15) is 9.59 Å². The molecule has 7 heteroatoms. The second kappa shape index (κ2) is 9.10. The summed E-state index contributed by atoms with van der Waals surface area (Å²) < 4.78 is 1.35. The zero-order chi connectivity index (χ0) is 18.2. The SMILES string of the molecule is NCCCCc1nc2c(s1)=CC1=CC=CCC=21.O=C(O)C=CC(=O)O. The van der Waals surface area contributed by atoms with Crippen LogP contribution in [0.2, 0.25) is 0 Å². The van der Waals surface area contributed by atoms with Crippen molar-refractivity contribution in [2.75, 3.05) is 6.54 Å². The minimum atomic E-state index is -1.26. The molecule has 0 bridgehead atoms. The maximum absolute atomic E-state index is 9.55. The van der Waals surface area contributed by atoms with E-state index in [1.54, 1.807) is 0 Å². The maximum atomic E-state index is 9.55. The highest BCUT2D eigenvalue weighted by molar-refractivity contribution is 7.09. The Balaban J connectivity index is 0.000000242. The van der Waals surface area contributed by atoms with Gasteiger partial charge >= 0.3 is 11.9 Å². The van der Waals surface area contributed by atoms with Gasteiger partial charge in [-0.3, -0.25) is 0 Å². The smallest absolute Gasteiger partial charge is 0.328 e. The zero-order valence-corrected chi connectivity index (χ0v) is 14.5. The van der Waals surface area contributed by atoms with E-state index in [2.05, 4.69) is 24.3 Å². The number of nitrogens with zero attached hydrogens (tertiary/aromatic N) is 1. The second-order valence-corrected chi connectivity index (χ2v) is 6.57. The molecular weight excluding hydrogens is 340 g/mol. The third-order valence-electron chi connectivity index (χ3n) is 3.57. The molecule has 25 heavy (non-hydrogen) atoms. The number of aryl methyl sites for hydroxylation is 1. The number of fused-ring (bicyclic) bond motifs is 2. The van der Waals surface area contributed by atoms with Gasteiger partial charge in [0.05, 0.1) is 14.9 Å². The average Bonchev–Trinajstić information content (AvgIpc) is 3.11. The molecule has 1 aromatic rings. The van der Waals surface area contributed by atoms with Crippen LogP contribution in [0.1, 0.15) is 24.3 Å². The lowest BCUT2D eigenvalue weighted by molar-refractivity contribution is -0.134. The normalized spacial score (nSPS) is 14.3. The molecule has 0 aliphatic heterocycles. The predicted molar refractivity (Wildman–Crippen MR) is 97.5 cm³/mol. The molecule has 0 spiro atoms. The van der Waals surface area contributed by atoms with Gasteiger partial charge < -0.3 is 15.9 Å². The van der Waals surface area contributed by atoms with E-state index in [1.807, 2.05) is 11.3 Å². The van der Waals surface area contributed by atoms with Crippen LogP contribution in [0.4, 0.5) is 0 Å². The lowest BCUT2D eigenvalue weighted by atomic mass is 10.0. The van der Waals surface area contributed by atoms with Crippen LogP contribution < -0.4 is 15.6 Å². The fraction of sp³-hybridized carbons (Fsp3) is 0.278. The van der Waals surface area contributed by atoms with Crippen molar-refractivity contribution in [2.24, 2.45) is 5.73 Å². The summed E-state index contributed by atoms with van der Waals surface area (Å²) in [6, 6.07) is 0. The first-order chi connectivity index (χ1) is 12.0. The Hall–Kier alpha value is -2.51. The second-order valence-electron chi connectivity index (χ2n) is 5.45. The lowest BCUT2D eigenvalue weighted by Crippen LogP contribution is -2.19. The molecule has 0 fully saturated rings. The van der Waals surface area contributed by atoms with Gasteiger partial charge in [-0.15, -0.1) is 11.3 Å². The van der Waals surface area contributed by atoms with E-state index < -0.39 is 11.9 Å². The van der Waals surface area contributed by atoms with Crippen LogP contribution in [0, 0.1) is 0 Å². The van der Waals surface area contributed by atoms with Crippen LogP contribution in [0.5, 0.6) is 0 Å². The van der Waals surface area contributed by atoms with E-state index >= 15 is 0 Å². The maximum Gasteiger partial charge on any atom is 0.328 e. The van der Waals surface area contributed by atoms with E-state index in [1.165, 1.54) is 26.0 Å². The Morgan fingerprint density at radius 3 is 2.60 bits per heavy atom. The van der Waals surface area contributed by atoms with Crippen molar-refractivity contribution in [1.29, 1.82) is 0 Å². The lowest BCUT2D eigenvalue weighted by Gasteiger charge is -2.04. The molecule has 0 amide bonds.